The van der Waals surface area contributed by atoms with Crippen LogP contribution in [-0.4, -0.2) is 24.9 Å². The molecule has 7 nitrogen and oxygen atoms in total. The summed E-state index contributed by atoms with van der Waals surface area (Å²) in [6, 6.07) is 1.32. The van der Waals surface area contributed by atoms with Gasteiger partial charge in [-0.3, -0.25) is 4.79 Å². The Bertz CT molecular complexity index is 785. The van der Waals surface area contributed by atoms with Crippen molar-refractivity contribution in [3.8, 4) is 0 Å². The van der Waals surface area contributed by atoms with E-state index in [0.29, 0.717) is 18.1 Å². The van der Waals surface area contributed by atoms with E-state index >= 15 is 0 Å². The normalized spacial score (nSPS) is 11.5. The van der Waals surface area contributed by atoms with Gasteiger partial charge in [-0.2, -0.15) is 0 Å². The Morgan fingerprint density at radius 3 is 2.81 bits per heavy atom. The number of hydrogen-bond donors (Lipinski definition) is 3. The molecule has 2 rings (SSSR count). The molecule has 10 heteroatoms. The van der Waals surface area contributed by atoms with Crippen molar-refractivity contribution in [3.63, 3.8) is 0 Å². The number of pyridine rings is 1. The first-order valence-electron chi connectivity index (χ1n) is 5.98. The first kappa shape index (κ1) is 16.0. The summed E-state index contributed by atoms with van der Waals surface area (Å²) in [7, 11) is -3.75. The lowest BCUT2D eigenvalue weighted by Crippen LogP contribution is -2.24. The molecular formula is C11H13ClN4O3S2. The first-order chi connectivity index (χ1) is 9.92. The fourth-order valence-corrected chi connectivity index (χ4v) is 3.38. The number of anilines is 1. The maximum absolute atomic E-state index is 12.1. The van der Waals surface area contributed by atoms with E-state index < -0.39 is 10.0 Å². The second-order valence-corrected chi connectivity index (χ2v) is 7.05. The van der Waals surface area contributed by atoms with E-state index in [2.05, 4.69) is 20.0 Å². The smallest absolute Gasteiger partial charge is 0.304 e. The van der Waals surface area contributed by atoms with Gasteiger partial charge in [0, 0.05) is 23.8 Å². The van der Waals surface area contributed by atoms with Crippen molar-refractivity contribution >= 4 is 38.8 Å². The minimum absolute atomic E-state index is 0.00630. The highest BCUT2D eigenvalue weighted by atomic mass is 35.5. The first-order valence-corrected chi connectivity index (χ1v) is 8.72. The molecule has 0 saturated heterocycles. The number of thiazole rings is 1. The maximum atomic E-state index is 12.1. The zero-order valence-electron chi connectivity index (χ0n) is 11.0. The largest absolute Gasteiger partial charge is 0.369 e. The lowest BCUT2D eigenvalue weighted by Gasteiger charge is -2.08. The predicted molar refractivity (Wildman–Crippen MR) is 82.4 cm³/mol. The SMILES string of the molecule is CCNc1ncc(S(=O)(=O)NCc2csc(=O)[nH]2)cc1Cl. The minimum atomic E-state index is -3.75. The van der Waals surface area contributed by atoms with Crippen molar-refractivity contribution in [2.75, 3.05) is 11.9 Å². The molecule has 0 atom stereocenters. The molecule has 0 aliphatic heterocycles. The summed E-state index contributed by atoms with van der Waals surface area (Å²) < 4.78 is 26.6. The van der Waals surface area contributed by atoms with Crippen LogP contribution < -0.4 is 14.9 Å². The van der Waals surface area contributed by atoms with Crippen molar-refractivity contribution in [1.82, 2.24) is 14.7 Å². The van der Waals surface area contributed by atoms with Gasteiger partial charge in [0.1, 0.15) is 10.7 Å². The number of nitrogens with zero attached hydrogens (tertiary/aromatic N) is 1. The number of halogens is 1. The lowest BCUT2D eigenvalue weighted by molar-refractivity contribution is 0.580. The zero-order chi connectivity index (χ0) is 15.5. The van der Waals surface area contributed by atoms with Gasteiger partial charge in [0.2, 0.25) is 10.0 Å². The summed E-state index contributed by atoms with van der Waals surface area (Å²) in [5, 5.41) is 4.70. The van der Waals surface area contributed by atoms with E-state index in [0.717, 1.165) is 11.3 Å². The van der Waals surface area contributed by atoms with Gasteiger partial charge in [0.05, 0.1) is 11.6 Å². The molecule has 2 aromatic heterocycles. The highest BCUT2D eigenvalue weighted by Crippen LogP contribution is 2.22. The third-order valence-corrected chi connectivity index (χ3v) is 4.87. The lowest BCUT2D eigenvalue weighted by atomic mass is 10.4. The fraction of sp³-hybridized carbons (Fsp3) is 0.273. The molecule has 3 N–H and O–H groups in total. The Kier molecular flexibility index (Phi) is 4.99. The van der Waals surface area contributed by atoms with E-state index in [1.165, 1.54) is 12.3 Å². The Hall–Kier alpha value is -1.42. The van der Waals surface area contributed by atoms with Gasteiger partial charge < -0.3 is 10.3 Å². The van der Waals surface area contributed by atoms with Crippen LogP contribution in [0, 0.1) is 0 Å². The van der Waals surface area contributed by atoms with Crippen molar-refractivity contribution in [3.05, 3.63) is 38.0 Å². The number of sulfonamides is 1. The van der Waals surface area contributed by atoms with Crippen LogP contribution in [0.25, 0.3) is 0 Å². The molecule has 2 aromatic rings. The maximum Gasteiger partial charge on any atom is 0.304 e. The monoisotopic (exact) mass is 348 g/mol. The van der Waals surface area contributed by atoms with Crippen molar-refractivity contribution in [2.24, 2.45) is 0 Å². The second kappa shape index (κ2) is 6.56. The van der Waals surface area contributed by atoms with Gasteiger partial charge in [-0.05, 0) is 13.0 Å². The Morgan fingerprint density at radius 2 is 2.24 bits per heavy atom. The molecule has 2 heterocycles. The average Bonchev–Trinajstić information content (AvgIpc) is 2.85. The van der Waals surface area contributed by atoms with Crippen LogP contribution in [0.4, 0.5) is 5.82 Å². The number of hydrogen-bond acceptors (Lipinski definition) is 6. The molecule has 0 bridgehead atoms. The fourth-order valence-electron chi connectivity index (χ4n) is 1.52. The number of H-pyrrole nitrogens is 1. The molecule has 114 valence electrons. The van der Waals surface area contributed by atoms with Gasteiger partial charge >= 0.3 is 4.87 Å². The molecule has 0 fully saturated rings. The summed E-state index contributed by atoms with van der Waals surface area (Å²) in [4.78, 5) is 17.2. The Labute approximate surface area is 130 Å². The summed E-state index contributed by atoms with van der Waals surface area (Å²) in [6.45, 7) is 2.50. The Morgan fingerprint density at radius 1 is 1.48 bits per heavy atom. The number of nitrogens with one attached hydrogen (secondary N) is 3. The van der Waals surface area contributed by atoms with Crippen molar-refractivity contribution < 1.29 is 8.42 Å². The average molecular weight is 349 g/mol. The van der Waals surface area contributed by atoms with Gasteiger partial charge in [0.25, 0.3) is 0 Å². The zero-order valence-corrected chi connectivity index (χ0v) is 13.4. The minimum Gasteiger partial charge on any atom is -0.369 e. The van der Waals surface area contributed by atoms with Crippen LogP contribution in [0.1, 0.15) is 12.6 Å². The van der Waals surface area contributed by atoms with Crippen LogP contribution in [0.2, 0.25) is 5.02 Å². The summed E-state index contributed by atoms with van der Waals surface area (Å²) in [5.74, 6) is 0.431. The molecule has 0 amide bonds. The van der Waals surface area contributed by atoms with Crippen LogP contribution in [0.3, 0.4) is 0 Å². The molecule has 0 spiro atoms. The van der Waals surface area contributed by atoms with Crippen LogP contribution in [0.5, 0.6) is 0 Å². The molecule has 0 aliphatic rings. The molecule has 0 saturated carbocycles. The summed E-state index contributed by atoms with van der Waals surface area (Å²) in [6.07, 6.45) is 1.22. The third kappa shape index (κ3) is 4.03. The molecule has 0 radical (unpaired) electrons. The number of aromatic nitrogens is 2. The summed E-state index contributed by atoms with van der Waals surface area (Å²) >= 11 is 6.94. The number of rotatable bonds is 6. The standard InChI is InChI=1S/C11H13ClN4O3S2/c1-2-13-10-9(12)3-8(5-14-10)21(18,19)15-4-7-6-20-11(17)16-7/h3,5-6,15H,2,4H2,1H3,(H,13,14)(H,16,17). The quantitative estimate of drug-likeness (QED) is 0.732. The van der Waals surface area contributed by atoms with Crippen LogP contribution in [0.15, 0.2) is 27.3 Å². The van der Waals surface area contributed by atoms with Crippen molar-refractivity contribution in [1.29, 1.82) is 0 Å². The number of aromatic amines is 1. The second-order valence-electron chi connectivity index (χ2n) is 4.03. The molecular weight excluding hydrogens is 336 g/mol. The van der Waals surface area contributed by atoms with E-state index in [-0.39, 0.29) is 21.3 Å². The molecule has 21 heavy (non-hydrogen) atoms. The van der Waals surface area contributed by atoms with Crippen LogP contribution in [-0.2, 0) is 16.6 Å². The highest BCUT2D eigenvalue weighted by Gasteiger charge is 2.16. The predicted octanol–water partition coefficient (Wildman–Crippen LogP) is 1.40. The van der Waals surface area contributed by atoms with Crippen LogP contribution >= 0.6 is 22.9 Å². The topological polar surface area (TPSA) is 104 Å². The van der Waals surface area contributed by atoms with E-state index in [4.69, 9.17) is 11.6 Å². The van der Waals surface area contributed by atoms with Gasteiger partial charge in [-0.1, -0.05) is 22.9 Å². The van der Waals surface area contributed by atoms with Crippen molar-refractivity contribution in [2.45, 2.75) is 18.4 Å². The Balaban J connectivity index is 2.15. The van der Waals surface area contributed by atoms with E-state index in [1.54, 1.807) is 5.38 Å². The molecule has 0 aromatic carbocycles. The van der Waals surface area contributed by atoms with E-state index in [9.17, 15) is 13.2 Å². The van der Waals surface area contributed by atoms with E-state index in [1.807, 2.05) is 6.92 Å². The third-order valence-electron chi connectivity index (χ3n) is 2.49. The molecule has 0 unspecified atom stereocenters. The highest BCUT2D eigenvalue weighted by molar-refractivity contribution is 7.89. The van der Waals surface area contributed by atoms with Gasteiger partial charge in [-0.15, -0.1) is 0 Å². The van der Waals surface area contributed by atoms with Gasteiger partial charge in [0.15, 0.2) is 0 Å². The van der Waals surface area contributed by atoms with Gasteiger partial charge in [-0.25, -0.2) is 18.1 Å². The molecule has 0 aliphatic carbocycles. The summed E-state index contributed by atoms with van der Waals surface area (Å²) in [5.41, 5.74) is 0.497.